The lowest BCUT2D eigenvalue weighted by atomic mass is 9.94. The first-order chi connectivity index (χ1) is 70.6. The van der Waals surface area contributed by atoms with Crippen molar-refractivity contribution in [2.45, 2.75) is 261 Å². The van der Waals surface area contributed by atoms with Crippen molar-refractivity contribution in [1.29, 1.82) is 0 Å². The number of amides is 7. The first-order valence-electron chi connectivity index (χ1n) is 46.6. The van der Waals surface area contributed by atoms with E-state index < -0.39 is 302 Å². The number of hydrogen-bond donors (Lipinski definition) is 29. The Morgan fingerprint density at radius 1 is 0.299 bits per heavy atom. The van der Waals surface area contributed by atoms with Crippen LogP contribution in [0.25, 0.3) is 0 Å². The standard InChI is InChI=1S/C77H119N35O35/c78-1-8-85-64(126)30-16-106(99-92-30)23-38-58-45(114)51(120)71(134-38)140-57-37(113)15-77(133,146-44(57)29-112-22-36(98-105-112)70(132)91-14-7-84)147-63-43(28-111-21-35(97-104-111)69(131)90-13-6-83)139-76(56(125)50(63)119)145-62-42(27-110-20-34(96-103-110)68(130)89-12-5-82)138-75(55(124)49(62)118)144-61-41(26-109-19-33(95-102-109)67(129)88-11-4-81)137-74(54(123)48(61)117)143-60-40(25-108-18-32(94-101-108)66(128)87-10-3-80)136-73(53(122)47(60)116)142-59-39(135-72(141-58)52(121)46(59)115)24-107-17-31(93-100-107)65(127)86-9-2-79/h16-22,37-63,71-76,113-125,133H,1-15,23-29,78-84H2,(H7,85,86,87,88,89,90,91,126,127,128,129,130,131,132)/p+1/t37-,38?,39?,40?,41?,42?,43?,44?,45-,46-,47-,48-,49-,50-,51?,52?,53?,54?,55?,56?,57+,58-,59-,60-,61-,62-,63-,71-,72+,73-,74-,75+,76+,77-/m1/s1. The zero-order chi connectivity index (χ0) is 105. The number of H-pyrrole nitrogens is 1. The highest BCUT2D eigenvalue weighted by Gasteiger charge is 2.62. The first kappa shape index (κ1) is 110. The van der Waals surface area contributed by atoms with Gasteiger partial charge in [0.2, 0.25) is 0 Å². The van der Waals surface area contributed by atoms with Gasteiger partial charge < -0.3 is 215 Å². The zero-order valence-corrected chi connectivity index (χ0v) is 78.0. The monoisotopic (exact) mass is 2090 g/mol. The number of carbonyl (C=O) groups is 7. The molecule has 147 heavy (non-hydrogen) atoms. The van der Waals surface area contributed by atoms with Crippen molar-refractivity contribution in [3.05, 3.63) is 83.2 Å². The average molecular weight is 2100 g/mol. The Hall–Kier alpha value is -11.1. The summed E-state index contributed by atoms with van der Waals surface area (Å²) in [6.07, 6.45) is -67.0. The summed E-state index contributed by atoms with van der Waals surface area (Å²) in [4.78, 5) is 93.8. The minimum atomic E-state index is -3.31. The first-order valence-corrected chi connectivity index (χ1v) is 46.6. The van der Waals surface area contributed by atoms with Crippen LogP contribution in [0.4, 0.5) is 0 Å². The summed E-state index contributed by atoms with van der Waals surface area (Å²) >= 11 is 0. The molecule has 0 spiro atoms. The number of hydrogen-bond acceptors (Lipinski definition) is 55. The summed E-state index contributed by atoms with van der Waals surface area (Å²) in [7, 11) is 0. The van der Waals surface area contributed by atoms with E-state index in [9.17, 15) is 105 Å². The number of ether oxygens (including phenoxy) is 14. The van der Waals surface area contributed by atoms with Gasteiger partial charge in [-0.25, -0.2) is 28.1 Å². The molecule has 0 aromatic carbocycles. The topological polar surface area (TPSA) is 1020 Å². The fraction of sp³-hybridized carbons (Fsp3) is 0.727. The van der Waals surface area contributed by atoms with Crippen LogP contribution in [0.2, 0.25) is 0 Å². The summed E-state index contributed by atoms with van der Waals surface area (Å²) in [5.41, 5.74) is 37.5. The Morgan fingerprint density at radius 3 is 0.741 bits per heavy atom. The van der Waals surface area contributed by atoms with Crippen LogP contribution in [0, 0.1) is 0 Å². The lowest BCUT2D eigenvalue weighted by molar-refractivity contribution is -0.763. The van der Waals surface area contributed by atoms with Crippen molar-refractivity contribution in [2.75, 3.05) is 91.6 Å². The van der Waals surface area contributed by atoms with E-state index in [4.69, 9.17) is 106 Å². The maximum absolute atomic E-state index is 13.4. The number of nitrogens with two attached hydrogens (primary N) is 7. The van der Waals surface area contributed by atoms with E-state index in [0.717, 1.165) is 76.2 Å². The van der Waals surface area contributed by atoms with Crippen LogP contribution in [-0.4, -0.2) is 513 Å². The van der Waals surface area contributed by atoms with Crippen LogP contribution in [0.5, 0.6) is 0 Å². The average Bonchev–Trinajstić information content (AvgIpc) is 1.75. The number of aromatic nitrogens is 21. The Morgan fingerprint density at radius 2 is 0.510 bits per heavy atom. The molecule has 13 unspecified atom stereocenters. The van der Waals surface area contributed by atoms with E-state index >= 15 is 0 Å². The van der Waals surface area contributed by atoms with Gasteiger partial charge in [-0.15, -0.1) is 30.6 Å². The van der Waals surface area contributed by atoms with E-state index in [0.29, 0.717) is 0 Å². The summed E-state index contributed by atoms with van der Waals surface area (Å²) in [6.45, 7) is -5.56. The summed E-state index contributed by atoms with van der Waals surface area (Å²) in [6, 6.07) is 0. The Balaban J connectivity index is 0.852. The maximum atomic E-state index is 13.4. The van der Waals surface area contributed by atoms with Gasteiger partial charge in [-0.3, -0.25) is 33.6 Å². The number of aromatic amines is 1. The van der Waals surface area contributed by atoms with Crippen molar-refractivity contribution >= 4 is 41.4 Å². The number of aliphatic hydroxyl groups is 14. The van der Waals surface area contributed by atoms with E-state index in [1.807, 2.05) is 0 Å². The Bertz CT molecular complexity index is 5490. The van der Waals surface area contributed by atoms with Crippen LogP contribution in [0.1, 0.15) is 79.8 Å². The van der Waals surface area contributed by atoms with Crippen molar-refractivity contribution < 1.29 is 176 Å². The van der Waals surface area contributed by atoms with Crippen molar-refractivity contribution in [3.8, 4) is 0 Å². The molecule has 0 saturated carbocycles. The molecule has 21 saturated heterocycles. The molecule has 21 aliphatic heterocycles. The molecule has 0 aliphatic carbocycles. The van der Waals surface area contributed by atoms with Crippen molar-refractivity contribution in [1.82, 2.24) is 137 Å². The SMILES string of the molecule is NCCNC(=O)c1cn(CC2O[C@@H]3O[C@@H]4C(C[n+]5cc(C(=O)NCCN)n[nH]5)O[C@](O)(C[C@H]4O)O[C@@H]4C(Cn5cc(C(=O)NCCN)nn5)O[C@@H](O[C@@H]5C(Cn6cc(C(=O)NCCN)nn6)O[C@@H](O[C@@H]6C(Cn7cc(C(=O)NCCN)nn7)O[C@H](O[C@@H]7C(Cn8cc(C(=O)NCCN)nn8)O[C@H](O[C@@H]8C(Cn9cc(C(=O)NCCN)nn9)O[C@@H](O[C@H]2[C@H](O)C3O)C(O)[C@H]8O)C(O)[C@H]7O)C(O)[C@H]6O)C(O)[C@H]5O)C(O)[C@H]4O)nn1. The highest BCUT2D eigenvalue weighted by Crippen LogP contribution is 2.42. The second kappa shape index (κ2) is 49.5. The van der Waals surface area contributed by atoms with Gasteiger partial charge in [-0.1, -0.05) is 36.5 Å². The Kier molecular flexibility index (Phi) is 37.1. The lowest BCUT2D eigenvalue weighted by Crippen LogP contribution is -2.68. The van der Waals surface area contributed by atoms with Crippen LogP contribution in [0.3, 0.4) is 0 Å². The molecule has 21 aliphatic rings. The molecular formula is C77H120N35O35+. The molecule has 0 radical (unpaired) electrons. The van der Waals surface area contributed by atoms with Crippen molar-refractivity contribution in [2.24, 2.45) is 40.1 Å². The van der Waals surface area contributed by atoms with Gasteiger partial charge in [0.05, 0.1) is 94.1 Å². The third-order valence-corrected chi connectivity index (χ3v) is 24.5. The van der Waals surface area contributed by atoms with E-state index in [1.165, 1.54) is 0 Å². The van der Waals surface area contributed by atoms with Gasteiger partial charge in [0.1, 0.15) is 165 Å². The van der Waals surface area contributed by atoms with Gasteiger partial charge in [-0.05, 0) is 0 Å². The maximum Gasteiger partial charge on any atom is 0.305 e. The van der Waals surface area contributed by atoms with E-state index in [1.54, 1.807) is 0 Å². The number of nitrogens with zero attached hydrogens (tertiary/aromatic N) is 20. The molecule has 812 valence electrons. The van der Waals surface area contributed by atoms with Gasteiger partial charge in [-0.2, -0.15) is 4.68 Å². The fourth-order valence-electron chi connectivity index (χ4n) is 17.2. The van der Waals surface area contributed by atoms with Crippen LogP contribution in [0.15, 0.2) is 43.4 Å². The fourth-order valence-corrected chi connectivity index (χ4v) is 17.2. The van der Waals surface area contributed by atoms with Crippen LogP contribution >= 0.6 is 0 Å². The highest BCUT2D eigenvalue weighted by atomic mass is 16.8. The third kappa shape index (κ3) is 26.0. The minimum Gasteiger partial charge on any atom is -0.390 e. The molecule has 70 heteroatoms. The largest absolute Gasteiger partial charge is 0.390 e. The van der Waals surface area contributed by atoms with Crippen LogP contribution < -0.4 is 82.0 Å². The molecule has 28 heterocycles. The Labute approximate surface area is 827 Å². The normalized spacial score (nSPS) is 34.3. The van der Waals surface area contributed by atoms with Crippen LogP contribution in [-0.2, 0) is 112 Å². The van der Waals surface area contributed by atoms with Gasteiger partial charge in [0, 0.05) is 91.6 Å². The smallest absolute Gasteiger partial charge is 0.305 e. The minimum absolute atomic E-state index is 0.0148. The highest BCUT2D eigenvalue weighted by molar-refractivity contribution is 5.94. The summed E-state index contributed by atoms with van der Waals surface area (Å²) in [5.74, 6) is -8.87. The molecular weight excluding hydrogens is 1980 g/mol. The number of nitrogens with one attached hydrogen (secondary N) is 8. The second-order valence-electron chi connectivity index (χ2n) is 35.1. The molecule has 70 nitrogen and oxygen atoms in total. The molecule has 7 aromatic rings. The lowest BCUT2D eigenvalue weighted by Gasteiger charge is -2.50. The predicted octanol–water partition coefficient (Wildman–Crippen LogP) is -22.5. The predicted molar refractivity (Wildman–Crippen MR) is 467 cm³/mol. The van der Waals surface area contributed by atoms with Crippen molar-refractivity contribution in [3.63, 3.8) is 0 Å². The molecule has 14 bridgehead atoms. The quantitative estimate of drug-likeness (QED) is 0.0164. The molecule has 21 fully saturated rings. The molecule has 7 amide bonds. The second-order valence-corrected chi connectivity index (χ2v) is 35.1. The number of aliphatic hydroxyl groups excluding tert-OH is 13. The van der Waals surface area contributed by atoms with Gasteiger partial charge in [0.15, 0.2) is 78.1 Å². The molecule has 7 aromatic heterocycles. The number of rotatable bonds is 35. The van der Waals surface area contributed by atoms with E-state index in [2.05, 4.69) is 109 Å². The summed E-state index contributed by atoms with van der Waals surface area (Å²) in [5, 5.41) is 251. The molecule has 36 N–H and O–H groups in total. The number of carbonyl (C=O) groups excluding carboxylic acids is 7. The molecule has 28 rings (SSSR count). The third-order valence-electron chi connectivity index (χ3n) is 24.5. The summed E-state index contributed by atoms with van der Waals surface area (Å²) < 4.78 is 97.7. The molecule has 34 atom stereocenters. The van der Waals surface area contributed by atoms with Gasteiger partial charge in [0.25, 0.3) is 41.4 Å². The van der Waals surface area contributed by atoms with Gasteiger partial charge >= 0.3 is 11.6 Å². The zero-order valence-electron chi connectivity index (χ0n) is 78.0. The van der Waals surface area contributed by atoms with E-state index in [-0.39, 0.29) is 131 Å².